The highest BCUT2D eigenvalue weighted by Gasteiger charge is 2.07. The van der Waals surface area contributed by atoms with Crippen LogP contribution in [0.1, 0.15) is 64.2 Å². The summed E-state index contributed by atoms with van der Waals surface area (Å²) in [7, 11) is 13.5. The predicted octanol–water partition coefficient (Wildman–Crippen LogP) is 5.99. The van der Waals surface area contributed by atoms with Crippen molar-refractivity contribution >= 4 is 23.2 Å². The summed E-state index contributed by atoms with van der Waals surface area (Å²) < 4.78 is 2.11. The van der Waals surface area contributed by atoms with Crippen LogP contribution in [0.25, 0.3) is 0 Å². The number of nitrogens with zero attached hydrogens (tertiary/aromatic N) is 2. The highest BCUT2D eigenvalue weighted by molar-refractivity contribution is 6.39. The molecule has 0 bridgehead atoms. The van der Waals surface area contributed by atoms with E-state index < -0.39 is 0 Å². The topological polar surface area (TPSA) is 0 Å². The summed E-state index contributed by atoms with van der Waals surface area (Å²) in [5.41, 5.74) is 0. The number of hydrogen-bond acceptors (Lipinski definition) is 0. The van der Waals surface area contributed by atoms with Crippen molar-refractivity contribution in [1.82, 2.24) is 0 Å². The third kappa shape index (κ3) is 17.1. The average Bonchev–Trinajstić information content (AvgIpc) is 2.43. The molecule has 0 fully saturated rings. The van der Waals surface area contributed by atoms with Gasteiger partial charge in [-0.2, -0.15) is 0 Å². The van der Waals surface area contributed by atoms with E-state index in [9.17, 15) is 0 Å². The highest BCUT2D eigenvalue weighted by Crippen LogP contribution is 2.25. The summed E-state index contributed by atoms with van der Waals surface area (Å²) in [6, 6.07) is 0. The minimum Gasteiger partial charge on any atom is -0.331 e. The summed E-state index contributed by atoms with van der Waals surface area (Å²) in [5, 5.41) is 1.80. The Hall–Kier alpha value is 0.240. The maximum absolute atomic E-state index is 6.36. The van der Waals surface area contributed by atoms with Gasteiger partial charge in [0.05, 0.1) is 55.4 Å². The molecule has 4 heteroatoms. The van der Waals surface area contributed by atoms with Gasteiger partial charge < -0.3 is 8.97 Å². The first-order valence-electron chi connectivity index (χ1n) is 9.65. The molecule has 0 saturated heterocycles. The van der Waals surface area contributed by atoms with Crippen LogP contribution in [0.4, 0.5) is 0 Å². The van der Waals surface area contributed by atoms with Gasteiger partial charge in [-0.3, -0.25) is 0 Å². The second-order valence-corrected chi connectivity index (χ2v) is 10.1. The quantitative estimate of drug-likeness (QED) is 0.256. The fourth-order valence-electron chi connectivity index (χ4n) is 2.71. The van der Waals surface area contributed by atoms with Crippen molar-refractivity contribution in [3.05, 3.63) is 10.1 Å². The van der Waals surface area contributed by atoms with E-state index in [0.717, 1.165) is 44.7 Å². The van der Waals surface area contributed by atoms with Gasteiger partial charge >= 0.3 is 0 Å². The Morgan fingerprint density at radius 3 is 1.08 bits per heavy atom. The molecule has 0 atom stereocenters. The van der Waals surface area contributed by atoms with Gasteiger partial charge in [-0.05, 0) is 51.4 Å². The van der Waals surface area contributed by atoms with Crippen molar-refractivity contribution in [2.24, 2.45) is 0 Å². The van der Waals surface area contributed by atoms with Crippen LogP contribution in [-0.4, -0.2) is 64.3 Å². The van der Waals surface area contributed by atoms with Crippen LogP contribution in [0.5, 0.6) is 0 Å². The molecule has 0 aliphatic rings. The monoisotopic (exact) mass is 380 g/mol. The summed E-state index contributed by atoms with van der Waals surface area (Å²) in [6.07, 6.45) is 11.9. The molecular formula is C20H42Cl2N2+2. The predicted molar refractivity (Wildman–Crippen MR) is 111 cm³/mol. The van der Waals surface area contributed by atoms with Crippen molar-refractivity contribution in [3.63, 3.8) is 0 Å². The van der Waals surface area contributed by atoms with Crippen LogP contribution in [0.3, 0.4) is 0 Å². The van der Waals surface area contributed by atoms with Gasteiger partial charge in [0.15, 0.2) is 0 Å². The lowest BCUT2D eigenvalue weighted by molar-refractivity contribution is -0.870. The van der Waals surface area contributed by atoms with Gasteiger partial charge in [0.1, 0.15) is 0 Å². The van der Waals surface area contributed by atoms with Crippen molar-refractivity contribution in [2.45, 2.75) is 64.2 Å². The van der Waals surface area contributed by atoms with Crippen LogP contribution >= 0.6 is 23.2 Å². The molecular weight excluding hydrogens is 339 g/mol. The Balaban J connectivity index is 3.66. The molecule has 0 saturated carbocycles. The van der Waals surface area contributed by atoms with Crippen LogP contribution < -0.4 is 0 Å². The SMILES string of the molecule is C[N+](C)(C)CCCCCC/C(Cl)=C(\Cl)CCCCCC[N+](C)(C)C. The molecule has 0 unspecified atom stereocenters. The lowest BCUT2D eigenvalue weighted by atomic mass is 10.1. The van der Waals surface area contributed by atoms with Crippen molar-refractivity contribution in [3.8, 4) is 0 Å². The number of allylic oxidation sites excluding steroid dienone is 2. The Labute approximate surface area is 162 Å². The first-order chi connectivity index (χ1) is 11.0. The van der Waals surface area contributed by atoms with E-state index in [2.05, 4.69) is 42.3 Å². The van der Waals surface area contributed by atoms with Gasteiger partial charge in [-0.15, -0.1) is 0 Å². The van der Waals surface area contributed by atoms with E-state index >= 15 is 0 Å². The zero-order valence-corrected chi connectivity index (χ0v) is 18.6. The number of hydrogen-bond donors (Lipinski definition) is 0. The molecule has 0 aromatic carbocycles. The third-order valence-electron chi connectivity index (χ3n) is 4.24. The Kier molecular flexibility index (Phi) is 12.7. The first kappa shape index (κ1) is 24.2. The molecule has 24 heavy (non-hydrogen) atoms. The molecule has 0 amide bonds. The molecule has 0 N–H and O–H groups in total. The molecule has 0 aliphatic heterocycles. The largest absolute Gasteiger partial charge is 0.331 e. The van der Waals surface area contributed by atoms with E-state index in [1.807, 2.05) is 0 Å². The summed E-state index contributed by atoms with van der Waals surface area (Å²) in [6.45, 7) is 2.50. The molecule has 0 aromatic heterocycles. The fraction of sp³-hybridized carbons (Fsp3) is 0.900. The van der Waals surface area contributed by atoms with Gasteiger partial charge in [-0.25, -0.2) is 0 Å². The fourth-order valence-corrected chi connectivity index (χ4v) is 3.17. The lowest BCUT2D eigenvalue weighted by Crippen LogP contribution is -2.35. The minimum absolute atomic E-state index is 0.898. The second kappa shape index (κ2) is 12.6. The third-order valence-corrected chi connectivity index (χ3v) is 5.18. The van der Waals surface area contributed by atoms with E-state index in [-0.39, 0.29) is 0 Å². The van der Waals surface area contributed by atoms with E-state index in [0.29, 0.717) is 0 Å². The number of halogens is 2. The smallest absolute Gasteiger partial charge is 0.0780 e. The number of unbranched alkanes of at least 4 members (excludes halogenated alkanes) is 6. The number of rotatable bonds is 14. The van der Waals surface area contributed by atoms with Gasteiger partial charge in [0.2, 0.25) is 0 Å². The highest BCUT2D eigenvalue weighted by atomic mass is 35.5. The van der Waals surface area contributed by atoms with E-state index in [1.165, 1.54) is 51.6 Å². The summed E-state index contributed by atoms with van der Waals surface area (Å²) in [5.74, 6) is 0. The summed E-state index contributed by atoms with van der Waals surface area (Å²) >= 11 is 12.7. The Bertz CT molecular complexity index is 318. The first-order valence-corrected chi connectivity index (χ1v) is 10.4. The van der Waals surface area contributed by atoms with Crippen molar-refractivity contribution < 1.29 is 8.97 Å². The Morgan fingerprint density at radius 2 is 0.792 bits per heavy atom. The van der Waals surface area contributed by atoms with E-state index in [4.69, 9.17) is 23.2 Å². The Morgan fingerprint density at radius 1 is 0.500 bits per heavy atom. The molecule has 0 spiro atoms. The minimum atomic E-state index is 0.898. The average molecular weight is 381 g/mol. The van der Waals surface area contributed by atoms with Crippen molar-refractivity contribution in [1.29, 1.82) is 0 Å². The maximum Gasteiger partial charge on any atom is 0.0780 e. The molecule has 0 rings (SSSR count). The van der Waals surface area contributed by atoms with Crippen molar-refractivity contribution in [2.75, 3.05) is 55.4 Å². The van der Waals surface area contributed by atoms with Gasteiger partial charge in [0, 0.05) is 10.1 Å². The molecule has 0 aromatic rings. The zero-order chi connectivity index (χ0) is 18.6. The van der Waals surface area contributed by atoms with Crippen LogP contribution in [0.15, 0.2) is 10.1 Å². The number of quaternary nitrogens is 2. The second-order valence-electron chi connectivity index (χ2n) is 9.17. The molecule has 0 heterocycles. The van der Waals surface area contributed by atoms with Crippen LogP contribution in [0, 0.1) is 0 Å². The molecule has 144 valence electrons. The normalized spacial score (nSPS) is 14.0. The van der Waals surface area contributed by atoms with Gasteiger partial charge in [-0.1, -0.05) is 36.0 Å². The van der Waals surface area contributed by atoms with Crippen LogP contribution in [0.2, 0.25) is 0 Å². The lowest BCUT2D eigenvalue weighted by Gasteiger charge is -2.23. The molecule has 2 nitrogen and oxygen atoms in total. The summed E-state index contributed by atoms with van der Waals surface area (Å²) in [4.78, 5) is 0. The standard InChI is InChI=1S/C20H42Cl2N2/c1-23(2,3)17-13-9-7-11-15-19(21)20(22)16-12-8-10-14-18-24(4,5)6/h7-18H2,1-6H3/q+2/b20-19+. The maximum atomic E-state index is 6.36. The molecule has 0 aliphatic carbocycles. The van der Waals surface area contributed by atoms with Gasteiger partial charge in [0.25, 0.3) is 0 Å². The zero-order valence-electron chi connectivity index (χ0n) is 17.1. The van der Waals surface area contributed by atoms with E-state index in [1.54, 1.807) is 0 Å². The van der Waals surface area contributed by atoms with Crippen LogP contribution in [-0.2, 0) is 0 Å². The molecule has 0 radical (unpaired) electrons.